The summed E-state index contributed by atoms with van der Waals surface area (Å²) in [6.45, 7) is 2.03. The largest absolute Gasteiger partial charge is 0.472 e. The number of carbonyl (C=O) groups is 2. The van der Waals surface area contributed by atoms with Gasteiger partial charge in [-0.05, 0) is 44.9 Å². The lowest BCUT2D eigenvalue weighted by Gasteiger charge is -2.20. The van der Waals surface area contributed by atoms with E-state index >= 15 is 0 Å². The van der Waals surface area contributed by atoms with Crippen LogP contribution in [0.15, 0.2) is 24.3 Å². The van der Waals surface area contributed by atoms with Crippen molar-refractivity contribution >= 4 is 19.8 Å². The first-order valence-corrected chi connectivity index (χ1v) is 21.3. The number of aliphatic hydroxyl groups excluding tert-OH is 2. The molecule has 0 aromatic carbocycles. The van der Waals surface area contributed by atoms with E-state index in [1.54, 1.807) is 0 Å². The molecule has 0 aliphatic rings. The number of allylic oxidation sites excluding steroid dienone is 4. The van der Waals surface area contributed by atoms with E-state index in [4.69, 9.17) is 18.5 Å². The zero-order chi connectivity index (χ0) is 37.0. The van der Waals surface area contributed by atoms with E-state index in [1.165, 1.54) is 89.9 Å². The molecular formula is C39H73O10P. The minimum Gasteiger partial charge on any atom is -0.457 e. The Hall–Kier alpha value is -1.55. The Labute approximate surface area is 304 Å². The van der Waals surface area contributed by atoms with Crippen molar-refractivity contribution in [2.45, 2.75) is 187 Å². The first kappa shape index (κ1) is 48.5. The van der Waals surface area contributed by atoms with Crippen LogP contribution < -0.4 is 0 Å². The van der Waals surface area contributed by atoms with Gasteiger partial charge in [0.15, 0.2) is 0 Å². The van der Waals surface area contributed by atoms with Crippen LogP contribution >= 0.6 is 7.82 Å². The smallest absolute Gasteiger partial charge is 0.457 e. The highest BCUT2D eigenvalue weighted by Crippen LogP contribution is 2.43. The molecule has 0 aromatic heterocycles. The van der Waals surface area contributed by atoms with Gasteiger partial charge in [0.05, 0.1) is 26.4 Å². The van der Waals surface area contributed by atoms with Crippen LogP contribution in [0.3, 0.4) is 0 Å². The average molecular weight is 733 g/mol. The maximum Gasteiger partial charge on any atom is 0.472 e. The van der Waals surface area contributed by atoms with Crippen molar-refractivity contribution in [3.05, 3.63) is 24.3 Å². The van der Waals surface area contributed by atoms with E-state index in [9.17, 15) is 29.3 Å². The van der Waals surface area contributed by atoms with Crippen LogP contribution in [-0.4, -0.2) is 65.7 Å². The fourth-order valence-electron chi connectivity index (χ4n) is 5.32. The number of hydrogen-bond acceptors (Lipinski definition) is 9. The summed E-state index contributed by atoms with van der Waals surface area (Å²) in [7, 11) is -4.61. The van der Waals surface area contributed by atoms with Crippen LogP contribution in [0.4, 0.5) is 0 Å². The van der Waals surface area contributed by atoms with E-state index in [0.717, 1.165) is 44.9 Å². The van der Waals surface area contributed by atoms with Crippen LogP contribution in [0.2, 0.25) is 0 Å². The molecule has 0 fully saturated rings. The molecule has 0 saturated heterocycles. The van der Waals surface area contributed by atoms with Crippen molar-refractivity contribution in [2.24, 2.45) is 0 Å². The van der Waals surface area contributed by atoms with E-state index in [1.807, 2.05) is 0 Å². The Bertz CT molecular complexity index is 894. The molecule has 50 heavy (non-hydrogen) atoms. The Morgan fingerprint density at radius 3 is 1.26 bits per heavy atom. The van der Waals surface area contributed by atoms with Gasteiger partial charge < -0.3 is 24.6 Å². The maximum absolute atomic E-state index is 12.2. The van der Waals surface area contributed by atoms with Gasteiger partial charge in [0.25, 0.3) is 0 Å². The maximum atomic E-state index is 12.2. The summed E-state index contributed by atoms with van der Waals surface area (Å²) in [6.07, 6.45) is 33.8. The second-order valence-corrected chi connectivity index (χ2v) is 14.7. The lowest BCUT2D eigenvalue weighted by atomic mass is 10.0. The van der Waals surface area contributed by atoms with E-state index < -0.39 is 58.4 Å². The predicted octanol–water partition coefficient (Wildman–Crippen LogP) is 9.83. The number of esters is 2. The van der Waals surface area contributed by atoms with Crippen molar-refractivity contribution in [1.29, 1.82) is 0 Å². The standard InChI is InChI=1S/C39H73O10P/c1-3-5-7-9-10-11-12-13-14-15-16-17-18-19-20-21-22-23-24-25-26-27-29-31-39(43)49-37(33-41)35-47-50(44,45)46-34-36(32-40)48-38(42)30-28-8-6-4-2/h12-13,15-16,36-37,40-41H,3-11,14,17-35H2,1-2H3,(H,44,45)/b13-12-,16-15-. The van der Waals surface area contributed by atoms with E-state index in [2.05, 4.69) is 38.2 Å². The normalized spacial score (nSPS) is 14.3. The minimum absolute atomic E-state index is 0.185. The Morgan fingerprint density at radius 2 is 0.880 bits per heavy atom. The van der Waals surface area contributed by atoms with Crippen molar-refractivity contribution in [2.75, 3.05) is 26.4 Å². The lowest BCUT2D eigenvalue weighted by Crippen LogP contribution is -2.28. The summed E-state index contributed by atoms with van der Waals surface area (Å²) in [5, 5.41) is 18.9. The monoisotopic (exact) mass is 732 g/mol. The van der Waals surface area contributed by atoms with Crippen LogP contribution in [0, 0.1) is 0 Å². The highest BCUT2D eigenvalue weighted by Gasteiger charge is 2.27. The first-order chi connectivity index (χ1) is 24.3. The van der Waals surface area contributed by atoms with Gasteiger partial charge in [-0.3, -0.25) is 18.6 Å². The Balaban J connectivity index is 3.79. The van der Waals surface area contributed by atoms with Crippen molar-refractivity contribution in [1.82, 2.24) is 0 Å². The second-order valence-electron chi connectivity index (χ2n) is 13.3. The SMILES string of the molecule is CCCCCCC/C=C\C/C=C\CCCCCCCCCCCCCC(=O)OC(CO)COP(=O)(O)OCC(CO)OC(=O)CCCCCC. The summed E-state index contributed by atoms with van der Waals surface area (Å²) < 4.78 is 32.2. The van der Waals surface area contributed by atoms with Gasteiger partial charge in [-0.2, -0.15) is 0 Å². The van der Waals surface area contributed by atoms with Crippen molar-refractivity contribution in [3.63, 3.8) is 0 Å². The van der Waals surface area contributed by atoms with Crippen LogP contribution in [0.25, 0.3) is 0 Å². The summed E-state index contributed by atoms with van der Waals surface area (Å²) in [5.74, 6) is -1.04. The quantitative estimate of drug-likeness (QED) is 0.0244. The molecule has 0 amide bonds. The number of aliphatic hydroxyl groups is 2. The molecule has 11 heteroatoms. The van der Waals surface area contributed by atoms with Gasteiger partial charge in [0.2, 0.25) is 0 Å². The fraction of sp³-hybridized carbons (Fsp3) is 0.846. The number of carbonyl (C=O) groups excluding carboxylic acids is 2. The molecule has 0 saturated carbocycles. The molecular weight excluding hydrogens is 659 g/mol. The second kappa shape index (κ2) is 35.8. The number of ether oxygens (including phenoxy) is 2. The molecule has 3 atom stereocenters. The third-order valence-corrected chi connectivity index (χ3v) is 9.37. The minimum atomic E-state index is -4.61. The molecule has 0 aliphatic heterocycles. The average Bonchev–Trinajstić information content (AvgIpc) is 3.10. The first-order valence-electron chi connectivity index (χ1n) is 19.8. The fourth-order valence-corrected chi connectivity index (χ4v) is 6.10. The summed E-state index contributed by atoms with van der Waals surface area (Å²) in [5.41, 5.74) is 0. The summed E-state index contributed by atoms with van der Waals surface area (Å²) in [6, 6.07) is 0. The third kappa shape index (κ3) is 33.6. The van der Waals surface area contributed by atoms with Crippen molar-refractivity contribution in [3.8, 4) is 0 Å². The van der Waals surface area contributed by atoms with E-state index in [0.29, 0.717) is 12.8 Å². The zero-order valence-electron chi connectivity index (χ0n) is 31.6. The molecule has 3 N–H and O–H groups in total. The molecule has 10 nitrogen and oxygen atoms in total. The van der Waals surface area contributed by atoms with E-state index in [-0.39, 0.29) is 12.8 Å². The Morgan fingerprint density at radius 1 is 0.540 bits per heavy atom. The topological polar surface area (TPSA) is 149 Å². The molecule has 0 aromatic rings. The molecule has 0 aliphatic carbocycles. The zero-order valence-corrected chi connectivity index (χ0v) is 32.5. The predicted molar refractivity (Wildman–Crippen MR) is 201 cm³/mol. The molecule has 0 rings (SSSR count). The highest BCUT2D eigenvalue weighted by molar-refractivity contribution is 7.47. The number of phosphoric ester groups is 1. The third-order valence-electron chi connectivity index (χ3n) is 8.42. The number of rotatable bonds is 37. The molecule has 0 bridgehead atoms. The molecule has 0 radical (unpaired) electrons. The van der Waals surface area contributed by atoms with Crippen LogP contribution in [0.5, 0.6) is 0 Å². The van der Waals surface area contributed by atoms with Crippen LogP contribution in [0.1, 0.15) is 174 Å². The van der Waals surface area contributed by atoms with Gasteiger partial charge in [-0.15, -0.1) is 0 Å². The van der Waals surface area contributed by atoms with Gasteiger partial charge in [0, 0.05) is 12.8 Å². The van der Waals surface area contributed by atoms with Crippen LogP contribution in [-0.2, 0) is 32.7 Å². The number of hydrogen-bond donors (Lipinski definition) is 3. The van der Waals surface area contributed by atoms with Gasteiger partial charge in [-0.1, -0.05) is 141 Å². The van der Waals surface area contributed by atoms with Gasteiger partial charge in [0.1, 0.15) is 12.2 Å². The molecule has 3 unspecified atom stereocenters. The Kier molecular flexibility index (Phi) is 34.7. The highest BCUT2D eigenvalue weighted by atomic mass is 31.2. The molecule has 0 heterocycles. The van der Waals surface area contributed by atoms with Gasteiger partial charge >= 0.3 is 19.8 Å². The summed E-state index contributed by atoms with van der Waals surface area (Å²) in [4.78, 5) is 34.0. The molecule has 294 valence electrons. The summed E-state index contributed by atoms with van der Waals surface area (Å²) >= 11 is 0. The lowest BCUT2D eigenvalue weighted by molar-refractivity contribution is -0.153. The van der Waals surface area contributed by atoms with Crippen molar-refractivity contribution < 1.29 is 47.8 Å². The molecule has 0 spiro atoms. The number of unbranched alkanes of at least 4 members (excludes halogenated alkanes) is 19. The number of phosphoric acid groups is 1. The van der Waals surface area contributed by atoms with Gasteiger partial charge in [-0.25, -0.2) is 4.57 Å².